The van der Waals surface area contributed by atoms with Crippen LogP contribution in [0.5, 0.6) is 0 Å². The first-order chi connectivity index (χ1) is 11.3. The van der Waals surface area contributed by atoms with Gasteiger partial charge in [0.05, 0.1) is 11.4 Å². The van der Waals surface area contributed by atoms with Crippen LogP contribution in [0.25, 0.3) is 5.57 Å². The highest BCUT2D eigenvalue weighted by Gasteiger charge is 2.35. The molecule has 0 N–H and O–H groups in total. The van der Waals surface area contributed by atoms with Gasteiger partial charge in [-0.25, -0.2) is 4.99 Å². The van der Waals surface area contributed by atoms with Gasteiger partial charge in [0, 0.05) is 11.1 Å². The number of fused-ring (bicyclic) bond motifs is 3. The average molecular weight is 332 g/mol. The third-order valence-corrected chi connectivity index (χ3v) is 10.0. The Morgan fingerprint density at radius 3 is 2.38 bits per heavy atom. The van der Waals surface area contributed by atoms with Crippen molar-refractivity contribution in [3.05, 3.63) is 63.4 Å². The van der Waals surface area contributed by atoms with Crippen LogP contribution in [0.4, 0.5) is 5.69 Å². The maximum absolute atomic E-state index is 4.97. The van der Waals surface area contributed by atoms with Crippen LogP contribution in [0.1, 0.15) is 38.3 Å². The van der Waals surface area contributed by atoms with Crippen LogP contribution < -0.4 is 5.19 Å². The van der Waals surface area contributed by atoms with Crippen LogP contribution in [0, 0.1) is 6.92 Å². The van der Waals surface area contributed by atoms with Crippen molar-refractivity contribution in [1.29, 1.82) is 0 Å². The third-order valence-electron chi connectivity index (χ3n) is 6.18. The Kier molecular flexibility index (Phi) is 3.27. The fourth-order valence-corrected chi connectivity index (χ4v) is 7.39. The predicted octanol–water partition coefficient (Wildman–Crippen LogP) is 5.55. The minimum Gasteiger partial charge on any atom is -0.247 e. The molecule has 0 atom stereocenters. The summed E-state index contributed by atoms with van der Waals surface area (Å²) in [6.45, 7) is 13.9. The molecule has 122 valence electrons. The molecule has 1 aromatic carbocycles. The van der Waals surface area contributed by atoms with Crippen molar-refractivity contribution >= 4 is 30.2 Å². The molecule has 2 aliphatic carbocycles. The van der Waals surface area contributed by atoms with Crippen molar-refractivity contribution in [2.24, 2.45) is 4.99 Å². The Morgan fingerprint density at radius 1 is 0.958 bits per heavy atom. The zero-order valence-corrected chi connectivity index (χ0v) is 16.5. The molecule has 0 spiro atoms. The summed E-state index contributed by atoms with van der Waals surface area (Å²) in [4.78, 5) is 4.97. The number of aryl methyl sites for hydroxylation is 1. The molecule has 0 radical (unpaired) electrons. The van der Waals surface area contributed by atoms with E-state index in [0.29, 0.717) is 0 Å². The summed E-state index contributed by atoms with van der Waals surface area (Å²) in [6.07, 6.45) is 7.97. The summed E-state index contributed by atoms with van der Waals surface area (Å²) >= 11 is 0. The monoisotopic (exact) mass is 331 g/mol. The Hall–Kier alpha value is -1.93. The molecule has 1 aliphatic heterocycles. The summed E-state index contributed by atoms with van der Waals surface area (Å²) < 4.78 is 0. The van der Waals surface area contributed by atoms with Crippen molar-refractivity contribution in [2.45, 2.75) is 47.2 Å². The van der Waals surface area contributed by atoms with Gasteiger partial charge >= 0.3 is 0 Å². The van der Waals surface area contributed by atoms with E-state index in [4.69, 9.17) is 4.99 Å². The zero-order valence-electron chi connectivity index (χ0n) is 15.5. The Bertz CT molecular complexity index is 933. The maximum Gasteiger partial charge on any atom is 0.108 e. The van der Waals surface area contributed by atoms with Crippen LogP contribution in [0.2, 0.25) is 13.1 Å². The van der Waals surface area contributed by atoms with Gasteiger partial charge in [-0.3, -0.25) is 0 Å². The van der Waals surface area contributed by atoms with E-state index in [0.717, 1.165) is 12.1 Å². The molecule has 2 heteroatoms. The molecular weight excluding hydrogens is 306 g/mol. The van der Waals surface area contributed by atoms with Crippen molar-refractivity contribution in [1.82, 2.24) is 0 Å². The second-order valence-electron chi connectivity index (χ2n) is 7.84. The highest BCUT2D eigenvalue weighted by atomic mass is 28.3. The highest BCUT2D eigenvalue weighted by Crippen LogP contribution is 2.45. The van der Waals surface area contributed by atoms with E-state index in [1.807, 2.05) is 0 Å². The topological polar surface area (TPSA) is 12.4 Å². The molecule has 0 aromatic heterocycles. The molecule has 1 nitrogen and oxygen atoms in total. The number of aliphatic imine (C=N–C) groups is 1. The quantitative estimate of drug-likeness (QED) is 0.630. The summed E-state index contributed by atoms with van der Waals surface area (Å²) in [5.41, 5.74) is 10.7. The van der Waals surface area contributed by atoms with Gasteiger partial charge < -0.3 is 0 Å². The molecule has 4 rings (SSSR count). The molecule has 24 heavy (non-hydrogen) atoms. The lowest BCUT2D eigenvalue weighted by atomic mass is 9.99. The van der Waals surface area contributed by atoms with Crippen molar-refractivity contribution < 1.29 is 0 Å². The number of rotatable bonds is 2. The molecule has 0 bridgehead atoms. The molecule has 0 unspecified atom stereocenters. The van der Waals surface area contributed by atoms with Gasteiger partial charge in [0.25, 0.3) is 0 Å². The molecule has 1 heterocycles. The average Bonchev–Trinajstić information content (AvgIpc) is 3.22. The molecule has 0 saturated carbocycles. The highest BCUT2D eigenvalue weighted by molar-refractivity contribution is 6.96. The van der Waals surface area contributed by atoms with E-state index in [1.54, 1.807) is 10.4 Å². The Morgan fingerprint density at radius 2 is 1.71 bits per heavy atom. The normalized spacial score (nSPS) is 19.1. The molecule has 0 fully saturated rings. The van der Waals surface area contributed by atoms with Crippen LogP contribution in [0.15, 0.2) is 57.3 Å². The van der Waals surface area contributed by atoms with Crippen molar-refractivity contribution in [2.75, 3.05) is 0 Å². The van der Waals surface area contributed by atoms with Gasteiger partial charge in [0.15, 0.2) is 0 Å². The first-order valence-electron chi connectivity index (χ1n) is 8.82. The zero-order chi connectivity index (χ0) is 17.2. The standard InChI is InChI=1S/C22H25NSi/c1-13-11-19-18(21-15(3)14(2)16(4)22(21)23-19)12-20(13)24(5,6)17-9-7-8-10-17/h7-9,11-12H,10H2,1-6H3. The van der Waals surface area contributed by atoms with Gasteiger partial charge in [-0.1, -0.05) is 47.8 Å². The van der Waals surface area contributed by atoms with Gasteiger partial charge in [-0.15, -0.1) is 0 Å². The SMILES string of the molecule is CC1=C(C)C(C)=C2C1=Nc1cc(C)c([Si](C)(C)C3=CC=CC3)cc12. The first-order valence-corrected chi connectivity index (χ1v) is 11.8. The number of hydrogen-bond donors (Lipinski definition) is 0. The van der Waals surface area contributed by atoms with E-state index in [-0.39, 0.29) is 0 Å². The lowest BCUT2D eigenvalue weighted by Gasteiger charge is -2.27. The number of hydrogen-bond acceptors (Lipinski definition) is 1. The van der Waals surface area contributed by atoms with Crippen molar-refractivity contribution in [3.63, 3.8) is 0 Å². The summed E-state index contributed by atoms with van der Waals surface area (Å²) in [7, 11) is -1.62. The maximum atomic E-state index is 4.97. The lowest BCUT2D eigenvalue weighted by molar-refractivity contribution is 1.32. The predicted molar refractivity (Wildman–Crippen MR) is 108 cm³/mol. The fraction of sp³-hybridized carbons (Fsp3) is 0.318. The Balaban J connectivity index is 1.88. The summed E-state index contributed by atoms with van der Waals surface area (Å²) in [6, 6.07) is 4.79. The van der Waals surface area contributed by atoms with Crippen LogP contribution in [0.3, 0.4) is 0 Å². The summed E-state index contributed by atoms with van der Waals surface area (Å²) in [5, 5.41) is 3.20. The summed E-state index contributed by atoms with van der Waals surface area (Å²) in [5.74, 6) is 0. The minimum atomic E-state index is -1.62. The molecular formula is C22H25NSi. The second kappa shape index (κ2) is 5.03. The third kappa shape index (κ3) is 1.96. The molecule has 0 saturated heterocycles. The van der Waals surface area contributed by atoms with Crippen LogP contribution in [-0.4, -0.2) is 13.8 Å². The second-order valence-corrected chi connectivity index (χ2v) is 12.3. The van der Waals surface area contributed by atoms with Crippen LogP contribution in [-0.2, 0) is 0 Å². The van der Waals surface area contributed by atoms with Gasteiger partial charge in [0.2, 0.25) is 0 Å². The van der Waals surface area contributed by atoms with Gasteiger partial charge in [-0.2, -0.15) is 0 Å². The van der Waals surface area contributed by atoms with E-state index >= 15 is 0 Å². The van der Waals surface area contributed by atoms with E-state index in [2.05, 4.69) is 71.1 Å². The minimum absolute atomic E-state index is 1.12. The number of benzene rings is 1. The fourth-order valence-electron chi connectivity index (χ4n) is 4.34. The van der Waals surface area contributed by atoms with Crippen molar-refractivity contribution in [3.8, 4) is 0 Å². The largest absolute Gasteiger partial charge is 0.247 e. The van der Waals surface area contributed by atoms with Gasteiger partial charge in [0.1, 0.15) is 8.07 Å². The molecule has 1 aromatic rings. The van der Waals surface area contributed by atoms with E-state index in [9.17, 15) is 0 Å². The Labute approximate surface area is 146 Å². The van der Waals surface area contributed by atoms with E-state index < -0.39 is 8.07 Å². The lowest BCUT2D eigenvalue weighted by Crippen LogP contribution is -2.45. The van der Waals surface area contributed by atoms with Crippen LogP contribution >= 0.6 is 0 Å². The number of nitrogens with zero attached hydrogens (tertiary/aromatic N) is 1. The molecule has 3 aliphatic rings. The van der Waals surface area contributed by atoms with E-state index in [1.165, 1.54) is 39.1 Å². The smallest absolute Gasteiger partial charge is 0.108 e. The van der Waals surface area contributed by atoms with Gasteiger partial charge in [-0.05, 0) is 62.5 Å². The number of allylic oxidation sites excluding steroid dienone is 8. The first kappa shape index (κ1) is 15.6. The molecule has 0 amide bonds.